The number of benzene rings is 2. The van der Waals surface area contributed by atoms with E-state index in [0.717, 1.165) is 35.5 Å². The van der Waals surface area contributed by atoms with Crippen LogP contribution in [-0.4, -0.2) is 42.8 Å². The number of piperazine rings is 1. The number of amides is 1. The lowest BCUT2D eigenvalue weighted by molar-refractivity contribution is -0.131. The lowest BCUT2D eigenvalue weighted by Crippen LogP contribution is -2.48. The molecule has 4 rings (SSSR count). The van der Waals surface area contributed by atoms with E-state index in [2.05, 4.69) is 17.0 Å². The van der Waals surface area contributed by atoms with E-state index < -0.39 is 0 Å². The van der Waals surface area contributed by atoms with Crippen LogP contribution in [0.3, 0.4) is 0 Å². The Labute approximate surface area is 170 Å². The minimum atomic E-state index is 0.140. The predicted molar refractivity (Wildman–Crippen MR) is 113 cm³/mol. The number of carbonyl (C=O) groups is 2. The molecule has 2 aromatic rings. The van der Waals surface area contributed by atoms with Crippen molar-refractivity contribution in [3.8, 4) is 6.07 Å². The summed E-state index contributed by atoms with van der Waals surface area (Å²) < 4.78 is 0. The molecule has 1 aliphatic carbocycles. The molecule has 1 amide bonds. The molecule has 1 fully saturated rings. The Morgan fingerprint density at radius 1 is 1.00 bits per heavy atom. The number of fused-ring (bicyclic) bond motifs is 1. The first-order valence-electron chi connectivity index (χ1n) is 9.98. The molecular formula is C24H23N3O2. The molecule has 2 aliphatic rings. The molecule has 0 N–H and O–H groups in total. The quantitative estimate of drug-likeness (QED) is 0.806. The van der Waals surface area contributed by atoms with Crippen LogP contribution >= 0.6 is 0 Å². The Morgan fingerprint density at radius 3 is 2.45 bits per heavy atom. The van der Waals surface area contributed by atoms with Gasteiger partial charge in [-0.3, -0.25) is 9.59 Å². The van der Waals surface area contributed by atoms with Crippen LogP contribution in [0.15, 0.2) is 54.1 Å². The first-order chi connectivity index (χ1) is 14.1. The molecule has 0 atom stereocenters. The maximum atomic E-state index is 12.7. The highest BCUT2D eigenvalue weighted by molar-refractivity contribution is 6.03. The third-order valence-electron chi connectivity index (χ3n) is 5.66. The average molecular weight is 385 g/mol. The van der Waals surface area contributed by atoms with Gasteiger partial charge in [-0.05, 0) is 36.2 Å². The van der Waals surface area contributed by atoms with Crippen molar-refractivity contribution in [2.24, 2.45) is 0 Å². The largest absolute Gasteiger partial charge is 0.368 e. The van der Waals surface area contributed by atoms with E-state index in [-0.39, 0.29) is 11.7 Å². The summed E-state index contributed by atoms with van der Waals surface area (Å²) in [6, 6.07) is 17.3. The van der Waals surface area contributed by atoms with Gasteiger partial charge in [0, 0.05) is 50.3 Å². The normalized spacial score (nSPS) is 16.1. The van der Waals surface area contributed by atoms with Crippen molar-refractivity contribution in [2.75, 3.05) is 31.1 Å². The van der Waals surface area contributed by atoms with E-state index in [4.69, 9.17) is 5.26 Å². The number of ketones is 1. The highest BCUT2D eigenvalue weighted by Gasteiger charge is 2.23. The molecule has 0 aromatic heterocycles. The summed E-state index contributed by atoms with van der Waals surface area (Å²) >= 11 is 0. The van der Waals surface area contributed by atoms with Gasteiger partial charge in [0.1, 0.15) is 0 Å². The molecule has 0 bridgehead atoms. The van der Waals surface area contributed by atoms with Crippen molar-refractivity contribution < 1.29 is 9.59 Å². The molecule has 0 radical (unpaired) electrons. The van der Waals surface area contributed by atoms with Gasteiger partial charge in [-0.15, -0.1) is 0 Å². The monoisotopic (exact) mass is 385 g/mol. The highest BCUT2D eigenvalue weighted by Crippen LogP contribution is 2.26. The van der Waals surface area contributed by atoms with Crippen LogP contribution in [-0.2, 0) is 4.79 Å². The first-order valence-corrected chi connectivity index (χ1v) is 9.98. The van der Waals surface area contributed by atoms with Crippen LogP contribution in [0, 0.1) is 11.3 Å². The summed E-state index contributed by atoms with van der Waals surface area (Å²) in [5.41, 5.74) is 4.52. The van der Waals surface area contributed by atoms with Crippen molar-refractivity contribution in [1.82, 2.24) is 4.90 Å². The van der Waals surface area contributed by atoms with E-state index in [1.54, 1.807) is 0 Å². The van der Waals surface area contributed by atoms with Crippen molar-refractivity contribution in [1.29, 1.82) is 5.26 Å². The second-order valence-electron chi connectivity index (χ2n) is 7.52. The smallest absolute Gasteiger partial charge is 0.223 e. The van der Waals surface area contributed by atoms with Gasteiger partial charge in [0.15, 0.2) is 5.78 Å². The number of carbonyl (C=O) groups excluding carboxylic acids is 2. The topological polar surface area (TPSA) is 64.4 Å². The Hall–Kier alpha value is -3.39. The Balaban J connectivity index is 1.30. The van der Waals surface area contributed by atoms with Gasteiger partial charge < -0.3 is 9.80 Å². The van der Waals surface area contributed by atoms with E-state index in [1.165, 1.54) is 0 Å². The SMILES string of the molecule is N#Cc1ccc(N2CCN(C(=O)CCC3=Cc4ccccc4C(=O)C3)CC2)cc1. The number of Topliss-reactive ketones (excluding diaryl/α,β-unsaturated/α-hetero) is 1. The second kappa shape index (κ2) is 8.32. The maximum Gasteiger partial charge on any atom is 0.223 e. The Kier molecular flexibility index (Phi) is 5.44. The third-order valence-corrected chi connectivity index (χ3v) is 5.66. The molecule has 0 unspecified atom stereocenters. The molecule has 0 spiro atoms. The molecule has 5 heteroatoms. The van der Waals surface area contributed by atoms with Crippen molar-refractivity contribution >= 4 is 23.5 Å². The number of allylic oxidation sites excluding steroid dienone is 1. The first kappa shape index (κ1) is 18.9. The molecule has 146 valence electrons. The van der Waals surface area contributed by atoms with E-state index >= 15 is 0 Å². The number of hydrogen-bond acceptors (Lipinski definition) is 4. The van der Waals surface area contributed by atoms with Gasteiger partial charge in [0.25, 0.3) is 0 Å². The van der Waals surface area contributed by atoms with Crippen LogP contribution in [0.2, 0.25) is 0 Å². The minimum absolute atomic E-state index is 0.140. The standard InChI is InChI=1S/C24H23N3O2/c25-17-18-5-8-21(9-6-18)26-11-13-27(14-12-26)24(29)10-7-19-15-20-3-1-2-4-22(20)23(28)16-19/h1-6,8-9,15H,7,10-14,16H2. The molecule has 1 heterocycles. The van der Waals surface area contributed by atoms with Crippen molar-refractivity contribution in [3.63, 3.8) is 0 Å². The van der Waals surface area contributed by atoms with Crippen LogP contribution < -0.4 is 4.90 Å². The zero-order valence-corrected chi connectivity index (χ0v) is 16.3. The van der Waals surface area contributed by atoms with Crippen molar-refractivity contribution in [2.45, 2.75) is 19.3 Å². The van der Waals surface area contributed by atoms with E-state index in [0.29, 0.717) is 37.9 Å². The predicted octanol–water partition coefficient (Wildman–Crippen LogP) is 3.66. The third kappa shape index (κ3) is 4.22. The van der Waals surface area contributed by atoms with Crippen LogP contribution in [0.1, 0.15) is 40.7 Å². The summed E-state index contributed by atoms with van der Waals surface area (Å²) in [4.78, 5) is 29.1. The summed E-state index contributed by atoms with van der Waals surface area (Å²) in [5, 5.41) is 8.91. The van der Waals surface area contributed by atoms with E-state index in [9.17, 15) is 9.59 Å². The molecule has 1 saturated heterocycles. The number of rotatable bonds is 4. The fraction of sp³-hybridized carbons (Fsp3) is 0.292. The molecule has 2 aromatic carbocycles. The highest BCUT2D eigenvalue weighted by atomic mass is 16.2. The maximum absolute atomic E-state index is 12.7. The van der Waals surface area contributed by atoms with Gasteiger partial charge in [-0.25, -0.2) is 0 Å². The van der Waals surface area contributed by atoms with Gasteiger partial charge in [0.2, 0.25) is 5.91 Å². The lowest BCUT2D eigenvalue weighted by atomic mass is 9.89. The van der Waals surface area contributed by atoms with E-state index in [1.807, 2.05) is 53.4 Å². The zero-order valence-electron chi connectivity index (χ0n) is 16.3. The van der Waals surface area contributed by atoms with Crippen molar-refractivity contribution in [3.05, 3.63) is 70.8 Å². The number of hydrogen-bond donors (Lipinski definition) is 0. The van der Waals surface area contributed by atoms with Gasteiger partial charge in [-0.1, -0.05) is 35.9 Å². The minimum Gasteiger partial charge on any atom is -0.368 e. The van der Waals surface area contributed by atoms with Gasteiger partial charge in [0.05, 0.1) is 11.6 Å². The summed E-state index contributed by atoms with van der Waals surface area (Å²) in [7, 11) is 0. The number of nitrogens with zero attached hydrogens (tertiary/aromatic N) is 3. The summed E-state index contributed by atoms with van der Waals surface area (Å²) in [5.74, 6) is 0.290. The lowest BCUT2D eigenvalue weighted by Gasteiger charge is -2.36. The molecule has 5 nitrogen and oxygen atoms in total. The second-order valence-corrected chi connectivity index (χ2v) is 7.52. The average Bonchev–Trinajstić information content (AvgIpc) is 2.78. The molecule has 0 saturated carbocycles. The van der Waals surface area contributed by atoms with Gasteiger partial charge in [-0.2, -0.15) is 5.26 Å². The fourth-order valence-electron chi connectivity index (χ4n) is 4.00. The molecule has 1 aliphatic heterocycles. The Bertz CT molecular complexity index is 994. The van der Waals surface area contributed by atoms with Crippen LogP contribution in [0.5, 0.6) is 0 Å². The van der Waals surface area contributed by atoms with Gasteiger partial charge >= 0.3 is 0 Å². The summed E-state index contributed by atoms with van der Waals surface area (Å²) in [6.07, 6.45) is 3.55. The molecular weight excluding hydrogens is 362 g/mol. The van der Waals surface area contributed by atoms with Crippen LogP contribution in [0.25, 0.3) is 6.08 Å². The molecule has 29 heavy (non-hydrogen) atoms. The van der Waals surface area contributed by atoms with Crippen LogP contribution in [0.4, 0.5) is 5.69 Å². The zero-order chi connectivity index (χ0) is 20.2. The summed E-state index contributed by atoms with van der Waals surface area (Å²) in [6.45, 7) is 2.96. The number of nitriles is 1. The fourth-order valence-corrected chi connectivity index (χ4v) is 4.00. The number of anilines is 1. The Morgan fingerprint density at radius 2 is 1.72 bits per heavy atom.